The van der Waals surface area contributed by atoms with Crippen LogP contribution in [0.4, 0.5) is 0 Å². The Balaban J connectivity index is 1.88. The number of hydrogen-bond acceptors (Lipinski definition) is 5. The zero-order valence-electron chi connectivity index (χ0n) is 14.6. The number of hydrogen-bond donors (Lipinski definition) is 2. The minimum absolute atomic E-state index is 0.0925. The van der Waals surface area contributed by atoms with Gasteiger partial charge < -0.3 is 15.5 Å². The van der Waals surface area contributed by atoms with Gasteiger partial charge in [-0.1, -0.05) is 32.4 Å². The summed E-state index contributed by atoms with van der Waals surface area (Å²) in [5, 5.41) is 3.32. The molecule has 136 valence electrons. The van der Waals surface area contributed by atoms with Gasteiger partial charge in [-0.2, -0.15) is 0 Å². The van der Waals surface area contributed by atoms with E-state index in [2.05, 4.69) is 10.3 Å². The fraction of sp³-hybridized carbons (Fsp3) is 0.333. The molecule has 8 heteroatoms. The Morgan fingerprint density at radius 1 is 1.35 bits per heavy atom. The second kappa shape index (κ2) is 6.99. The third-order valence-corrected chi connectivity index (χ3v) is 4.50. The van der Waals surface area contributed by atoms with Gasteiger partial charge >= 0.3 is 0 Å². The molecule has 0 fully saturated rings. The molecule has 0 spiro atoms. The number of amides is 2. The highest BCUT2D eigenvalue weighted by Crippen LogP contribution is 2.23. The van der Waals surface area contributed by atoms with Crippen LogP contribution in [0, 0.1) is 5.92 Å². The molecule has 0 aliphatic rings. The zero-order chi connectivity index (χ0) is 18.8. The van der Waals surface area contributed by atoms with Crippen molar-refractivity contribution in [2.75, 3.05) is 0 Å². The maximum Gasteiger partial charge on any atom is 0.297 e. The van der Waals surface area contributed by atoms with Gasteiger partial charge in [-0.25, -0.2) is 4.98 Å². The number of carbonyl (C=O) groups excluding carboxylic acids is 2. The predicted octanol–water partition coefficient (Wildman–Crippen LogP) is 1.16. The number of carbonyl (C=O) groups is 2. The monoisotopic (exact) mass is 356 g/mol. The molecular weight excluding hydrogens is 336 g/mol. The van der Waals surface area contributed by atoms with E-state index in [9.17, 15) is 14.4 Å². The van der Waals surface area contributed by atoms with Gasteiger partial charge in [0, 0.05) is 5.39 Å². The van der Waals surface area contributed by atoms with Crippen LogP contribution in [0.1, 0.15) is 20.3 Å². The summed E-state index contributed by atoms with van der Waals surface area (Å²) in [5.74, 6) is -1.21. The first-order valence-electron chi connectivity index (χ1n) is 8.37. The Kier molecular flexibility index (Phi) is 4.75. The first kappa shape index (κ1) is 17.7. The summed E-state index contributed by atoms with van der Waals surface area (Å²) >= 11 is 0. The Hall–Kier alpha value is -3.16. The van der Waals surface area contributed by atoms with E-state index in [4.69, 9.17) is 10.2 Å². The number of nitrogens with zero attached hydrogens (tertiary/aromatic N) is 2. The molecule has 0 aliphatic carbocycles. The summed E-state index contributed by atoms with van der Waals surface area (Å²) in [4.78, 5) is 40.7. The van der Waals surface area contributed by atoms with Crippen LogP contribution in [0.25, 0.3) is 22.1 Å². The molecule has 0 saturated carbocycles. The highest BCUT2D eigenvalue weighted by molar-refractivity contribution is 6.01. The molecule has 2 aromatic heterocycles. The van der Waals surface area contributed by atoms with E-state index in [-0.39, 0.29) is 18.0 Å². The van der Waals surface area contributed by atoms with Crippen molar-refractivity contribution in [3.05, 3.63) is 40.9 Å². The van der Waals surface area contributed by atoms with Crippen LogP contribution in [0.3, 0.4) is 0 Å². The van der Waals surface area contributed by atoms with E-state index in [0.29, 0.717) is 17.5 Å². The Labute approximate surface area is 149 Å². The number of furan rings is 1. The first-order valence-corrected chi connectivity index (χ1v) is 8.37. The van der Waals surface area contributed by atoms with Crippen molar-refractivity contribution in [1.82, 2.24) is 14.9 Å². The van der Waals surface area contributed by atoms with Crippen molar-refractivity contribution in [2.24, 2.45) is 11.7 Å². The molecule has 26 heavy (non-hydrogen) atoms. The van der Waals surface area contributed by atoms with Gasteiger partial charge in [-0.15, -0.1) is 0 Å². The molecule has 0 saturated heterocycles. The molecule has 3 rings (SSSR count). The molecule has 1 aromatic carbocycles. The molecule has 0 radical (unpaired) electrons. The van der Waals surface area contributed by atoms with Crippen molar-refractivity contribution in [1.29, 1.82) is 0 Å². The molecule has 3 N–H and O–H groups in total. The molecule has 3 aromatic rings. The van der Waals surface area contributed by atoms with Crippen molar-refractivity contribution in [3.8, 4) is 0 Å². The maximum atomic E-state index is 12.6. The van der Waals surface area contributed by atoms with Crippen LogP contribution < -0.4 is 16.6 Å². The van der Waals surface area contributed by atoms with Gasteiger partial charge in [0.25, 0.3) is 5.56 Å². The lowest BCUT2D eigenvalue weighted by molar-refractivity contribution is -0.128. The standard InChI is InChI=1S/C18H20N4O4/c1-3-10(2)14(17(19)24)21-13(23)8-22-9-20-15-11-6-4-5-7-12(11)26-16(15)18(22)25/h4-7,9-10,14H,3,8H2,1-2H3,(H2,19,24)(H,21,23). The molecule has 2 atom stereocenters. The van der Waals surface area contributed by atoms with Gasteiger partial charge in [0.2, 0.25) is 17.4 Å². The quantitative estimate of drug-likeness (QED) is 0.686. The van der Waals surface area contributed by atoms with Crippen LogP contribution >= 0.6 is 0 Å². The van der Waals surface area contributed by atoms with Crippen molar-refractivity contribution < 1.29 is 14.0 Å². The molecule has 8 nitrogen and oxygen atoms in total. The van der Waals surface area contributed by atoms with Gasteiger partial charge in [-0.05, 0) is 18.1 Å². The third-order valence-electron chi connectivity index (χ3n) is 4.50. The zero-order valence-corrected chi connectivity index (χ0v) is 14.6. The minimum atomic E-state index is -0.786. The highest BCUT2D eigenvalue weighted by Gasteiger charge is 2.24. The largest absolute Gasteiger partial charge is 0.448 e. The van der Waals surface area contributed by atoms with Gasteiger partial charge in [-0.3, -0.25) is 19.0 Å². The second-order valence-corrected chi connectivity index (χ2v) is 6.29. The van der Waals surface area contributed by atoms with E-state index in [1.54, 1.807) is 12.1 Å². The smallest absolute Gasteiger partial charge is 0.297 e. The fourth-order valence-corrected chi connectivity index (χ4v) is 2.83. The maximum absolute atomic E-state index is 12.6. The molecule has 2 heterocycles. The van der Waals surface area contributed by atoms with Crippen molar-refractivity contribution >= 4 is 33.9 Å². The molecular formula is C18H20N4O4. The van der Waals surface area contributed by atoms with Crippen molar-refractivity contribution in [3.63, 3.8) is 0 Å². The molecule has 0 bridgehead atoms. The average Bonchev–Trinajstić information content (AvgIpc) is 3.00. The average molecular weight is 356 g/mol. The molecule has 0 aliphatic heterocycles. The number of benzene rings is 1. The Bertz CT molecular complexity index is 1040. The summed E-state index contributed by atoms with van der Waals surface area (Å²) in [7, 11) is 0. The lowest BCUT2D eigenvalue weighted by Crippen LogP contribution is -2.49. The normalized spacial score (nSPS) is 13.6. The minimum Gasteiger partial charge on any atom is -0.448 e. The number of primary amides is 1. The van der Waals surface area contributed by atoms with Crippen LogP contribution in [-0.4, -0.2) is 27.4 Å². The molecule has 2 unspecified atom stereocenters. The van der Waals surface area contributed by atoms with E-state index < -0.39 is 23.4 Å². The number of nitrogens with one attached hydrogen (secondary N) is 1. The lowest BCUT2D eigenvalue weighted by atomic mass is 9.98. The number of para-hydroxylation sites is 1. The Morgan fingerprint density at radius 2 is 2.08 bits per heavy atom. The number of nitrogens with two attached hydrogens (primary N) is 1. The van der Waals surface area contributed by atoms with Crippen LogP contribution in [0.15, 0.2) is 39.8 Å². The van der Waals surface area contributed by atoms with Crippen LogP contribution in [0.5, 0.6) is 0 Å². The molecule has 2 amide bonds. The lowest BCUT2D eigenvalue weighted by Gasteiger charge is -2.21. The van der Waals surface area contributed by atoms with E-state index >= 15 is 0 Å². The summed E-state index contributed by atoms with van der Waals surface area (Å²) in [6, 6.07) is 6.41. The van der Waals surface area contributed by atoms with Crippen LogP contribution in [-0.2, 0) is 16.1 Å². The second-order valence-electron chi connectivity index (χ2n) is 6.29. The van der Waals surface area contributed by atoms with E-state index in [0.717, 1.165) is 9.95 Å². The third kappa shape index (κ3) is 3.17. The van der Waals surface area contributed by atoms with E-state index in [1.165, 1.54) is 6.33 Å². The van der Waals surface area contributed by atoms with Gasteiger partial charge in [0.05, 0.1) is 6.33 Å². The van der Waals surface area contributed by atoms with Gasteiger partial charge in [0.15, 0.2) is 0 Å². The summed E-state index contributed by atoms with van der Waals surface area (Å²) in [6.45, 7) is 3.44. The number of aromatic nitrogens is 2. The highest BCUT2D eigenvalue weighted by atomic mass is 16.3. The van der Waals surface area contributed by atoms with Crippen molar-refractivity contribution in [2.45, 2.75) is 32.9 Å². The summed E-state index contributed by atoms with van der Waals surface area (Å²) in [6.07, 6.45) is 1.98. The first-order chi connectivity index (χ1) is 12.4. The summed E-state index contributed by atoms with van der Waals surface area (Å²) < 4.78 is 6.73. The summed E-state index contributed by atoms with van der Waals surface area (Å²) in [5.41, 5.74) is 6.00. The van der Waals surface area contributed by atoms with Crippen LogP contribution in [0.2, 0.25) is 0 Å². The topological polar surface area (TPSA) is 120 Å². The van der Waals surface area contributed by atoms with Gasteiger partial charge in [0.1, 0.15) is 23.7 Å². The fourth-order valence-electron chi connectivity index (χ4n) is 2.83. The van der Waals surface area contributed by atoms with E-state index in [1.807, 2.05) is 26.0 Å². The number of fused-ring (bicyclic) bond motifs is 3. The Morgan fingerprint density at radius 3 is 2.77 bits per heavy atom. The predicted molar refractivity (Wildman–Crippen MR) is 96.4 cm³/mol. The SMILES string of the molecule is CCC(C)C(NC(=O)Cn1cnc2c(oc3ccccc32)c1=O)C(N)=O. The number of rotatable bonds is 6.